The molecule has 0 fully saturated rings. The molecular weight excluding hydrogens is 284 g/mol. The molecular formula is C13H11ClN2O2S. The maximum Gasteiger partial charge on any atom is 0.348 e. The molecule has 0 unspecified atom stereocenters. The molecule has 2 aromatic rings. The van der Waals surface area contributed by atoms with E-state index in [0.29, 0.717) is 10.6 Å². The zero-order valence-corrected chi connectivity index (χ0v) is 11.7. The first kappa shape index (κ1) is 13.8. The molecule has 1 aromatic carbocycles. The SMILES string of the molecule is CSc1ccc(C(=O)Cn2cc(Cl)cnc2=O)cc1. The van der Waals surface area contributed by atoms with E-state index in [1.165, 1.54) is 17.0 Å². The molecule has 0 atom stereocenters. The van der Waals surface area contributed by atoms with Crippen LogP contribution < -0.4 is 5.69 Å². The number of carbonyl (C=O) groups is 1. The summed E-state index contributed by atoms with van der Waals surface area (Å²) < 4.78 is 1.20. The van der Waals surface area contributed by atoms with Gasteiger partial charge in [0.05, 0.1) is 17.8 Å². The van der Waals surface area contributed by atoms with E-state index in [1.54, 1.807) is 23.9 Å². The number of hydrogen-bond donors (Lipinski definition) is 0. The van der Waals surface area contributed by atoms with Crippen LogP contribution in [0.3, 0.4) is 0 Å². The maximum atomic E-state index is 12.0. The van der Waals surface area contributed by atoms with Crippen LogP contribution in [0.5, 0.6) is 0 Å². The second-order valence-electron chi connectivity index (χ2n) is 3.83. The zero-order valence-electron chi connectivity index (χ0n) is 10.2. The van der Waals surface area contributed by atoms with E-state index in [0.717, 1.165) is 4.90 Å². The van der Waals surface area contributed by atoms with E-state index in [9.17, 15) is 9.59 Å². The van der Waals surface area contributed by atoms with Crippen LogP contribution in [-0.2, 0) is 6.54 Å². The average molecular weight is 295 g/mol. The Morgan fingerprint density at radius 1 is 1.37 bits per heavy atom. The van der Waals surface area contributed by atoms with Crippen molar-refractivity contribution in [2.45, 2.75) is 11.4 Å². The second-order valence-corrected chi connectivity index (χ2v) is 5.15. The van der Waals surface area contributed by atoms with Gasteiger partial charge < -0.3 is 0 Å². The van der Waals surface area contributed by atoms with Crippen molar-refractivity contribution in [3.8, 4) is 0 Å². The number of rotatable bonds is 4. The van der Waals surface area contributed by atoms with Gasteiger partial charge in [0.1, 0.15) is 0 Å². The molecule has 1 heterocycles. The van der Waals surface area contributed by atoms with Crippen LogP contribution in [0, 0.1) is 0 Å². The van der Waals surface area contributed by atoms with Crippen LogP contribution in [-0.4, -0.2) is 21.6 Å². The fourth-order valence-electron chi connectivity index (χ4n) is 1.56. The van der Waals surface area contributed by atoms with Crippen LogP contribution in [0.4, 0.5) is 0 Å². The van der Waals surface area contributed by atoms with Crippen molar-refractivity contribution in [1.29, 1.82) is 0 Å². The second kappa shape index (κ2) is 6.04. The van der Waals surface area contributed by atoms with Gasteiger partial charge in [-0.2, -0.15) is 0 Å². The molecule has 6 heteroatoms. The summed E-state index contributed by atoms with van der Waals surface area (Å²) >= 11 is 7.35. The minimum atomic E-state index is -0.488. The molecule has 0 bridgehead atoms. The Bertz CT molecular complexity index is 652. The molecule has 0 amide bonds. The summed E-state index contributed by atoms with van der Waals surface area (Å²) in [6.07, 6.45) is 4.64. The number of thioether (sulfide) groups is 1. The van der Waals surface area contributed by atoms with Gasteiger partial charge in [-0.25, -0.2) is 9.78 Å². The minimum absolute atomic E-state index is 0.0645. The smallest absolute Gasteiger partial charge is 0.292 e. The highest BCUT2D eigenvalue weighted by molar-refractivity contribution is 7.98. The van der Waals surface area contributed by atoms with Gasteiger partial charge in [-0.15, -0.1) is 11.8 Å². The first-order valence-corrected chi connectivity index (χ1v) is 7.09. The third-order valence-electron chi connectivity index (χ3n) is 2.55. The highest BCUT2D eigenvalue weighted by Crippen LogP contribution is 2.15. The lowest BCUT2D eigenvalue weighted by Gasteiger charge is -2.05. The van der Waals surface area contributed by atoms with Crippen molar-refractivity contribution < 1.29 is 4.79 Å². The minimum Gasteiger partial charge on any atom is -0.292 e. The fourth-order valence-corrected chi connectivity index (χ4v) is 2.14. The lowest BCUT2D eigenvalue weighted by Crippen LogP contribution is -2.25. The van der Waals surface area contributed by atoms with Gasteiger partial charge in [-0.3, -0.25) is 9.36 Å². The Morgan fingerprint density at radius 3 is 2.68 bits per heavy atom. The predicted octanol–water partition coefficient (Wildman–Crippen LogP) is 2.50. The third-order valence-corrected chi connectivity index (χ3v) is 3.49. The standard InChI is InChI=1S/C13H11ClN2O2S/c1-19-11-4-2-9(3-5-11)12(17)8-16-7-10(14)6-15-13(16)18/h2-7H,8H2,1H3. The van der Waals surface area contributed by atoms with Gasteiger partial charge in [0.2, 0.25) is 0 Å². The number of ketones is 1. The van der Waals surface area contributed by atoms with Crippen molar-refractivity contribution in [1.82, 2.24) is 9.55 Å². The van der Waals surface area contributed by atoms with Gasteiger partial charge in [-0.1, -0.05) is 23.7 Å². The molecule has 98 valence electrons. The third kappa shape index (κ3) is 3.45. The molecule has 1 aromatic heterocycles. The van der Waals surface area contributed by atoms with Crippen molar-refractivity contribution in [3.05, 3.63) is 57.7 Å². The van der Waals surface area contributed by atoms with Gasteiger partial charge in [-0.05, 0) is 18.4 Å². The Hall–Kier alpha value is -1.59. The average Bonchev–Trinajstić information content (AvgIpc) is 2.43. The summed E-state index contributed by atoms with van der Waals surface area (Å²) in [4.78, 5) is 28.2. The van der Waals surface area contributed by atoms with Crippen LogP contribution in [0.25, 0.3) is 0 Å². The van der Waals surface area contributed by atoms with Gasteiger partial charge >= 0.3 is 5.69 Å². The number of Topliss-reactive ketones (excluding diaryl/α,β-unsaturated/α-hetero) is 1. The number of nitrogens with zero attached hydrogens (tertiary/aromatic N) is 2. The Morgan fingerprint density at radius 2 is 2.05 bits per heavy atom. The van der Waals surface area contributed by atoms with Gasteiger partial charge in [0, 0.05) is 16.7 Å². The molecule has 0 saturated heterocycles. The molecule has 2 rings (SSSR count). The summed E-state index contributed by atoms with van der Waals surface area (Å²) in [6.45, 7) is -0.0645. The summed E-state index contributed by atoms with van der Waals surface area (Å²) in [6, 6.07) is 7.24. The topological polar surface area (TPSA) is 52.0 Å². The van der Waals surface area contributed by atoms with E-state index in [4.69, 9.17) is 11.6 Å². The van der Waals surface area contributed by atoms with E-state index in [2.05, 4.69) is 4.98 Å². The Balaban J connectivity index is 2.20. The molecule has 19 heavy (non-hydrogen) atoms. The Labute approximate surface area is 119 Å². The summed E-state index contributed by atoms with van der Waals surface area (Å²) in [5.41, 5.74) is 0.0724. The first-order chi connectivity index (χ1) is 9.10. The largest absolute Gasteiger partial charge is 0.348 e. The molecule has 0 aliphatic heterocycles. The highest BCUT2D eigenvalue weighted by Gasteiger charge is 2.08. The molecule has 0 N–H and O–H groups in total. The fraction of sp³-hybridized carbons (Fsp3) is 0.154. The van der Waals surface area contributed by atoms with E-state index in [1.807, 2.05) is 18.4 Å². The van der Waals surface area contributed by atoms with Crippen molar-refractivity contribution in [2.24, 2.45) is 0 Å². The molecule has 0 saturated carbocycles. The van der Waals surface area contributed by atoms with Crippen molar-refractivity contribution in [2.75, 3.05) is 6.26 Å². The first-order valence-electron chi connectivity index (χ1n) is 5.49. The monoisotopic (exact) mass is 294 g/mol. The normalized spacial score (nSPS) is 10.4. The summed E-state index contributed by atoms with van der Waals surface area (Å²) in [5, 5.41) is 0.324. The Kier molecular flexibility index (Phi) is 4.39. The van der Waals surface area contributed by atoms with Crippen molar-refractivity contribution in [3.63, 3.8) is 0 Å². The quantitative estimate of drug-likeness (QED) is 0.642. The lowest BCUT2D eigenvalue weighted by atomic mass is 10.1. The van der Waals surface area contributed by atoms with Gasteiger partial charge in [0.25, 0.3) is 0 Å². The van der Waals surface area contributed by atoms with Crippen LogP contribution in [0.2, 0.25) is 5.02 Å². The summed E-state index contributed by atoms with van der Waals surface area (Å²) in [7, 11) is 0. The van der Waals surface area contributed by atoms with E-state index >= 15 is 0 Å². The maximum absolute atomic E-state index is 12.0. The number of aromatic nitrogens is 2. The molecule has 0 radical (unpaired) electrons. The van der Waals surface area contributed by atoms with Crippen LogP contribution in [0.1, 0.15) is 10.4 Å². The van der Waals surface area contributed by atoms with E-state index in [-0.39, 0.29) is 12.3 Å². The van der Waals surface area contributed by atoms with Crippen LogP contribution >= 0.6 is 23.4 Å². The number of hydrogen-bond acceptors (Lipinski definition) is 4. The molecule has 4 nitrogen and oxygen atoms in total. The predicted molar refractivity (Wildman–Crippen MR) is 76.1 cm³/mol. The lowest BCUT2D eigenvalue weighted by molar-refractivity contribution is 0.0970. The van der Waals surface area contributed by atoms with E-state index < -0.39 is 5.69 Å². The number of halogens is 1. The molecule has 0 spiro atoms. The number of benzene rings is 1. The molecule has 0 aliphatic carbocycles. The number of carbonyl (C=O) groups excluding carboxylic acids is 1. The van der Waals surface area contributed by atoms with Crippen LogP contribution in [0.15, 0.2) is 46.3 Å². The molecule has 0 aliphatic rings. The van der Waals surface area contributed by atoms with Gasteiger partial charge in [0.15, 0.2) is 5.78 Å². The summed E-state index contributed by atoms with van der Waals surface area (Å²) in [5.74, 6) is -0.154. The highest BCUT2D eigenvalue weighted by atomic mass is 35.5. The van der Waals surface area contributed by atoms with Crippen molar-refractivity contribution >= 4 is 29.1 Å². The zero-order chi connectivity index (χ0) is 13.8.